The highest BCUT2D eigenvalue weighted by Gasteiger charge is 2.28. The smallest absolute Gasteiger partial charge is 0.317 e. The van der Waals surface area contributed by atoms with Gasteiger partial charge in [0.25, 0.3) is 5.89 Å². The predicted octanol–water partition coefficient (Wildman–Crippen LogP) is 3.94. The minimum Gasteiger partial charge on any atom is -0.497 e. The molecule has 8 heteroatoms. The van der Waals surface area contributed by atoms with Crippen LogP contribution in [0, 0.1) is 0 Å². The summed E-state index contributed by atoms with van der Waals surface area (Å²) in [6, 6.07) is 11.8. The number of thiophene rings is 1. The number of carbonyl (C=O) groups excluding carboxylic acids is 1. The maximum Gasteiger partial charge on any atom is 0.317 e. The van der Waals surface area contributed by atoms with Gasteiger partial charge in [0.2, 0.25) is 5.89 Å². The summed E-state index contributed by atoms with van der Waals surface area (Å²) in [4.78, 5) is 15.4. The fourth-order valence-electron chi connectivity index (χ4n) is 3.48. The SMILES string of the molecule is COc1ccc(CCNC(=O)N2CCC[C@@H](c3nnc(-c4cccs4)o3)C2)cc1. The van der Waals surface area contributed by atoms with Gasteiger partial charge in [0, 0.05) is 19.6 Å². The van der Waals surface area contributed by atoms with E-state index in [0.29, 0.717) is 24.9 Å². The third-order valence-corrected chi connectivity index (χ3v) is 5.94. The number of urea groups is 1. The van der Waals surface area contributed by atoms with E-state index in [4.69, 9.17) is 9.15 Å². The number of hydrogen-bond acceptors (Lipinski definition) is 6. The Morgan fingerprint density at radius 3 is 2.93 bits per heavy atom. The number of likely N-dealkylation sites (tertiary alicyclic amines) is 1. The van der Waals surface area contributed by atoms with Crippen molar-refractivity contribution in [3.63, 3.8) is 0 Å². The van der Waals surface area contributed by atoms with Gasteiger partial charge in [0.05, 0.1) is 17.9 Å². The molecule has 1 aromatic carbocycles. The van der Waals surface area contributed by atoms with Crippen LogP contribution in [0.3, 0.4) is 0 Å². The number of carbonyl (C=O) groups is 1. The molecule has 0 radical (unpaired) electrons. The van der Waals surface area contributed by atoms with Crippen LogP contribution in [0.25, 0.3) is 10.8 Å². The second kappa shape index (κ2) is 9.09. The first-order valence-electron chi connectivity index (χ1n) is 9.76. The first-order chi connectivity index (χ1) is 14.2. The van der Waals surface area contributed by atoms with Crippen molar-refractivity contribution in [1.82, 2.24) is 20.4 Å². The summed E-state index contributed by atoms with van der Waals surface area (Å²) in [6.45, 7) is 1.94. The Kier molecular flexibility index (Phi) is 6.09. The molecule has 4 rings (SSSR count). The lowest BCUT2D eigenvalue weighted by Crippen LogP contribution is -2.45. The van der Waals surface area contributed by atoms with Crippen molar-refractivity contribution < 1.29 is 13.9 Å². The van der Waals surface area contributed by atoms with Gasteiger partial charge in [-0.05, 0) is 48.4 Å². The fraction of sp³-hybridized carbons (Fsp3) is 0.381. The van der Waals surface area contributed by atoms with Crippen molar-refractivity contribution in [3.05, 3.63) is 53.2 Å². The molecular weight excluding hydrogens is 388 g/mol. The van der Waals surface area contributed by atoms with Crippen LogP contribution in [-0.4, -0.2) is 47.9 Å². The number of rotatable bonds is 6. The molecule has 2 amide bonds. The number of piperidine rings is 1. The minimum atomic E-state index is -0.0405. The van der Waals surface area contributed by atoms with E-state index in [0.717, 1.165) is 42.0 Å². The van der Waals surface area contributed by atoms with Gasteiger partial charge >= 0.3 is 6.03 Å². The third kappa shape index (κ3) is 4.76. The maximum absolute atomic E-state index is 12.6. The zero-order valence-corrected chi connectivity index (χ0v) is 17.2. The molecule has 2 aromatic heterocycles. The van der Waals surface area contributed by atoms with Crippen molar-refractivity contribution in [2.45, 2.75) is 25.2 Å². The topological polar surface area (TPSA) is 80.5 Å². The Morgan fingerprint density at radius 2 is 2.17 bits per heavy atom. The number of nitrogens with one attached hydrogen (secondary N) is 1. The van der Waals surface area contributed by atoms with Gasteiger partial charge in [0.1, 0.15) is 5.75 Å². The van der Waals surface area contributed by atoms with Crippen LogP contribution in [0.2, 0.25) is 0 Å². The Morgan fingerprint density at radius 1 is 1.31 bits per heavy atom. The zero-order valence-electron chi connectivity index (χ0n) is 16.3. The number of aromatic nitrogens is 2. The summed E-state index contributed by atoms with van der Waals surface area (Å²) >= 11 is 1.57. The molecule has 1 atom stereocenters. The van der Waals surface area contributed by atoms with Crippen LogP contribution in [-0.2, 0) is 6.42 Å². The summed E-state index contributed by atoms with van der Waals surface area (Å²) in [7, 11) is 1.65. The summed E-state index contributed by atoms with van der Waals surface area (Å²) in [5.74, 6) is 2.08. The summed E-state index contributed by atoms with van der Waals surface area (Å²) < 4.78 is 11.0. The average molecular weight is 413 g/mol. The van der Waals surface area contributed by atoms with Gasteiger partial charge in [-0.1, -0.05) is 18.2 Å². The summed E-state index contributed by atoms with van der Waals surface area (Å²) in [5.41, 5.74) is 1.16. The first kappa shape index (κ1) is 19.4. The largest absolute Gasteiger partial charge is 0.497 e. The second-order valence-corrected chi connectivity index (χ2v) is 7.99. The predicted molar refractivity (Wildman–Crippen MR) is 111 cm³/mol. The normalized spacial score (nSPS) is 16.6. The molecule has 1 aliphatic rings. The Hall–Kier alpha value is -2.87. The molecule has 152 valence electrons. The van der Waals surface area contributed by atoms with Crippen LogP contribution in [0.5, 0.6) is 5.75 Å². The van der Waals surface area contributed by atoms with Gasteiger partial charge in [-0.25, -0.2) is 4.79 Å². The molecule has 1 saturated heterocycles. The van der Waals surface area contributed by atoms with E-state index in [1.54, 1.807) is 18.4 Å². The zero-order chi connectivity index (χ0) is 20.1. The van der Waals surface area contributed by atoms with Crippen molar-refractivity contribution in [3.8, 4) is 16.5 Å². The van der Waals surface area contributed by atoms with Crippen LogP contribution >= 0.6 is 11.3 Å². The monoisotopic (exact) mass is 412 g/mol. The fourth-order valence-corrected chi connectivity index (χ4v) is 4.12. The lowest BCUT2D eigenvalue weighted by molar-refractivity contribution is 0.174. The molecule has 3 aromatic rings. The Bertz CT molecular complexity index is 924. The third-order valence-electron chi connectivity index (χ3n) is 5.08. The van der Waals surface area contributed by atoms with Crippen LogP contribution in [0.1, 0.15) is 30.2 Å². The number of hydrogen-bond donors (Lipinski definition) is 1. The van der Waals surface area contributed by atoms with Crippen molar-refractivity contribution in [2.75, 3.05) is 26.7 Å². The second-order valence-electron chi connectivity index (χ2n) is 7.04. The number of nitrogens with zero attached hydrogens (tertiary/aromatic N) is 3. The number of benzene rings is 1. The Labute approximate surface area is 173 Å². The van der Waals surface area contributed by atoms with Crippen molar-refractivity contribution in [1.29, 1.82) is 0 Å². The van der Waals surface area contributed by atoms with Gasteiger partial charge in [-0.15, -0.1) is 21.5 Å². The van der Waals surface area contributed by atoms with E-state index in [9.17, 15) is 4.79 Å². The molecule has 29 heavy (non-hydrogen) atoms. The highest BCUT2D eigenvalue weighted by Crippen LogP contribution is 2.29. The van der Waals surface area contributed by atoms with Gasteiger partial charge in [-0.3, -0.25) is 0 Å². The molecule has 0 spiro atoms. The molecule has 0 saturated carbocycles. The lowest BCUT2D eigenvalue weighted by atomic mass is 9.98. The lowest BCUT2D eigenvalue weighted by Gasteiger charge is -2.31. The van der Waals surface area contributed by atoms with E-state index in [2.05, 4.69) is 15.5 Å². The van der Waals surface area contributed by atoms with E-state index < -0.39 is 0 Å². The van der Waals surface area contributed by atoms with E-state index in [-0.39, 0.29) is 11.9 Å². The summed E-state index contributed by atoms with van der Waals surface area (Å²) in [5, 5.41) is 13.4. The molecule has 7 nitrogen and oxygen atoms in total. The van der Waals surface area contributed by atoms with Crippen LogP contribution < -0.4 is 10.1 Å². The highest BCUT2D eigenvalue weighted by molar-refractivity contribution is 7.13. The quantitative estimate of drug-likeness (QED) is 0.663. The maximum atomic E-state index is 12.6. The van der Waals surface area contributed by atoms with Crippen LogP contribution in [0.15, 0.2) is 46.2 Å². The molecule has 1 aliphatic heterocycles. The van der Waals surface area contributed by atoms with Crippen molar-refractivity contribution >= 4 is 17.4 Å². The first-order valence-corrected chi connectivity index (χ1v) is 10.6. The van der Waals surface area contributed by atoms with Crippen LogP contribution in [0.4, 0.5) is 4.79 Å². The van der Waals surface area contributed by atoms with E-state index in [1.165, 1.54) is 0 Å². The standard InChI is InChI=1S/C21H24N4O3S/c1-27-17-8-6-15(7-9-17)10-11-22-21(26)25-12-2-4-16(14-25)19-23-24-20(28-19)18-5-3-13-29-18/h3,5-9,13,16H,2,4,10-12,14H2,1H3,(H,22,26)/t16-/m1/s1. The molecule has 1 N–H and O–H groups in total. The molecular formula is C21H24N4O3S. The average Bonchev–Trinajstić information content (AvgIpc) is 3.46. The highest BCUT2D eigenvalue weighted by atomic mass is 32.1. The van der Waals surface area contributed by atoms with E-state index >= 15 is 0 Å². The summed E-state index contributed by atoms with van der Waals surface area (Å²) in [6.07, 6.45) is 2.65. The molecule has 1 fully saturated rings. The Balaban J connectivity index is 1.29. The van der Waals surface area contributed by atoms with Crippen molar-refractivity contribution in [2.24, 2.45) is 0 Å². The number of methoxy groups -OCH3 is 1. The molecule has 0 bridgehead atoms. The number of amides is 2. The van der Waals surface area contributed by atoms with Gasteiger partial charge in [-0.2, -0.15) is 0 Å². The number of ether oxygens (including phenoxy) is 1. The van der Waals surface area contributed by atoms with Gasteiger partial charge in [0.15, 0.2) is 0 Å². The minimum absolute atomic E-state index is 0.0405. The van der Waals surface area contributed by atoms with Gasteiger partial charge < -0.3 is 19.4 Å². The van der Waals surface area contributed by atoms with E-state index in [1.807, 2.05) is 46.7 Å². The molecule has 3 heterocycles. The molecule has 0 unspecified atom stereocenters. The molecule has 0 aliphatic carbocycles.